The van der Waals surface area contributed by atoms with Gasteiger partial charge in [-0.1, -0.05) is 15.9 Å². The maximum Gasteiger partial charge on any atom is 0.135 e. The lowest BCUT2D eigenvalue weighted by Gasteiger charge is -2.35. The number of aliphatic imine (C=N–C) groups is 1. The molecule has 21 heavy (non-hydrogen) atoms. The van der Waals surface area contributed by atoms with Crippen molar-refractivity contribution in [2.45, 2.75) is 24.9 Å². The van der Waals surface area contributed by atoms with E-state index in [0.717, 1.165) is 23.0 Å². The molecule has 1 aromatic carbocycles. The van der Waals surface area contributed by atoms with Crippen LogP contribution in [-0.2, 0) is 12.1 Å². The summed E-state index contributed by atoms with van der Waals surface area (Å²) >= 11 is 3.43. The molecule has 1 aliphatic carbocycles. The Morgan fingerprint density at radius 1 is 1.33 bits per heavy atom. The molecule has 108 valence electrons. The zero-order valence-electron chi connectivity index (χ0n) is 11.3. The molecule has 1 aromatic heterocycles. The van der Waals surface area contributed by atoms with Gasteiger partial charge >= 0.3 is 0 Å². The standard InChI is InChI=1S/C15H14BrFN4/c16-10-3-4-12(17)11(7-10)15(9-1-2-9)13-5-6-19-21(13)8-14(18)20-15/h3-7,9H,1-2,8H2,(H2,18,20). The van der Waals surface area contributed by atoms with E-state index in [2.05, 4.69) is 21.0 Å². The Morgan fingerprint density at radius 3 is 2.90 bits per heavy atom. The Kier molecular flexibility index (Phi) is 2.73. The second-order valence-corrected chi connectivity index (χ2v) is 6.56. The van der Waals surface area contributed by atoms with Gasteiger partial charge in [0.2, 0.25) is 0 Å². The minimum absolute atomic E-state index is 0.253. The van der Waals surface area contributed by atoms with Crippen molar-refractivity contribution >= 4 is 21.8 Å². The minimum atomic E-state index is -0.743. The maximum atomic E-state index is 14.6. The highest BCUT2D eigenvalue weighted by Crippen LogP contribution is 2.54. The normalized spacial score (nSPS) is 24.6. The van der Waals surface area contributed by atoms with Crippen LogP contribution in [-0.4, -0.2) is 15.6 Å². The van der Waals surface area contributed by atoms with Gasteiger partial charge in [-0.3, -0.25) is 9.67 Å². The van der Waals surface area contributed by atoms with Crippen molar-refractivity contribution in [1.29, 1.82) is 0 Å². The van der Waals surface area contributed by atoms with E-state index < -0.39 is 5.54 Å². The number of nitrogens with two attached hydrogens (primary N) is 1. The quantitative estimate of drug-likeness (QED) is 0.907. The third-order valence-electron chi connectivity index (χ3n) is 4.25. The van der Waals surface area contributed by atoms with Crippen molar-refractivity contribution < 1.29 is 4.39 Å². The number of nitrogens with zero attached hydrogens (tertiary/aromatic N) is 3. The molecule has 0 amide bonds. The topological polar surface area (TPSA) is 56.2 Å². The fourth-order valence-electron chi connectivity index (χ4n) is 3.26. The summed E-state index contributed by atoms with van der Waals surface area (Å²) in [6, 6.07) is 6.92. The number of hydrogen-bond acceptors (Lipinski definition) is 3. The SMILES string of the molecule is NC1=NC(c2cc(Br)ccc2F)(C2CC2)c2ccnn2C1. The van der Waals surface area contributed by atoms with Crippen LogP contribution in [0.4, 0.5) is 4.39 Å². The van der Waals surface area contributed by atoms with Gasteiger partial charge < -0.3 is 5.73 Å². The fourth-order valence-corrected chi connectivity index (χ4v) is 3.63. The van der Waals surface area contributed by atoms with Crippen LogP contribution < -0.4 is 5.73 Å². The molecule has 4 nitrogen and oxygen atoms in total. The second-order valence-electron chi connectivity index (χ2n) is 5.64. The average Bonchev–Trinajstić information content (AvgIpc) is 3.20. The summed E-state index contributed by atoms with van der Waals surface area (Å²) in [5, 5.41) is 4.31. The Balaban J connectivity index is 2.03. The number of amidine groups is 1. The van der Waals surface area contributed by atoms with Gasteiger partial charge in [0, 0.05) is 16.2 Å². The van der Waals surface area contributed by atoms with Crippen molar-refractivity contribution in [3.8, 4) is 0 Å². The van der Waals surface area contributed by atoms with Gasteiger partial charge in [-0.15, -0.1) is 0 Å². The molecule has 1 fully saturated rings. The largest absolute Gasteiger partial charge is 0.386 e. The van der Waals surface area contributed by atoms with Gasteiger partial charge in [0.05, 0.1) is 12.2 Å². The Hall–Kier alpha value is -1.69. The van der Waals surface area contributed by atoms with Crippen molar-refractivity contribution in [3.63, 3.8) is 0 Å². The molecule has 0 saturated heterocycles. The first-order valence-electron chi connectivity index (χ1n) is 6.93. The van der Waals surface area contributed by atoms with Gasteiger partial charge in [0.25, 0.3) is 0 Å². The van der Waals surface area contributed by atoms with Gasteiger partial charge in [-0.05, 0) is 43.0 Å². The van der Waals surface area contributed by atoms with E-state index in [1.807, 2.05) is 16.8 Å². The van der Waals surface area contributed by atoms with Crippen LogP contribution in [0.2, 0.25) is 0 Å². The average molecular weight is 349 g/mol. The second kappa shape index (κ2) is 4.40. The number of fused-ring (bicyclic) bond motifs is 1. The van der Waals surface area contributed by atoms with Crippen LogP contribution in [0.5, 0.6) is 0 Å². The lowest BCUT2D eigenvalue weighted by atomic mass is 9.81. The van der Waals surface area contributed by atoms with E-state index in [4.69, 9.17) is 10.7 Å². The van der Waals surface area contributed by atoms with Crippen molar-refractivity contribution in [1.82, 2.24) is 9.78 Å². The van der Waals surface area contributed by atoms with Crippen LogP contribution in [0, 0.1) is 11.7 Å². The third kappa shape index (κ3) is 1.85. The molecule has 2 aromatic rings. The molecule has 1 saturated carbocycles. The maximum absolute atomic E-state index is 14.6. The van der Waals surface area contributed by atoms with E-state index >= 15 is 0 Å². The summed E-state index contributed by atoms with van der Waals surface area (Å²) in [5.74, 6) is 0.518. The molecule has 2 aliphatic rings. The zero-order chi connectivity index (χ0) is 14.6. The minimum Gasteiger partial charge on any atom is -0.386 e. The van der Waals surface area contributed by atoms with Crippen LogP contribution in [0.1, 0.15) is 24.1 Å². The van der Waals surface area contributed by atoms with Gasteiger partial charge in [-0.25, -0.2) is 4.39 Å². The number of halogens is 2. The summed E-state index contributed by atoms with van der Waals surface area (Å²) in [6.07, 6.45) is 3.78. The molecule has 6 heteroatoms. The monoisotopic (exact) mass is 348 g/mol. The van der Waals surface area contributed by atoms with Crippen molar-refractivity contribution in [2.75, 3.05) is 0 Å². The highest BCUT2D eigenvalue weighted by atomic mass is 79.9. The van der Waals surface area contributed by atoms with Gasteiger partial charge in [0.15, 0.2) is 0 Å². The summed E-state index contributed by atoms with van der Waals surface area (Å²) < 4.78 is 17.2. The van der Waals surface area contributed by atoms with Gasteiger partial charge in [-0.2, -0.15) is 5.10 Å². The molecule has 2 N–H and O–H groups in total. The first-order chi connectivity index (χ1) is 10.1. The van der Waals surface area contributed by atoms with E-state index in [9.17, 15) is 4.39 Å². The Labute approximate surface area is 130 Å². The Morgan fingerprint density at radius 2 is 2.14 bits per heavy atom. The highest BCUT2D eigenvalue weighted by molar-refractivity contribution is 9.10. The lowest BCUT2D eigenvalue weighted by molar-refractivity contribution is 0.392. The molecule has 0 bridgehead atoms. The number of aromatic nitrogens is 2. The highest BCUT2D eigenvalue weighted by Gasteiger charge is 2.52. The summed E-state index contributed by atoms with van der Waals surface area (Å²) in [6.45, 7) is 0.465. The predicted octanol–water partition coefficient (Wildman–Crippen LogP) is 2.81. The molecular weight excluding hydrogens is 335 g/mol. The Bertz CT molecular complexity index is 750. The smallest absolute Gasteiger partial charge is 0.135 e. The van der Waals surface area contributed by atoms with E-state index in [-0.39, 0.29) is 11.7 Å². The summed E-state index contributed by atoms with van der Waals surface area (Å²) in [4.78, 5) is 4.73. The zero-order valence-corrected chi connectivity index (χ0v) is 12.8. The van der Waals surface area contributed by atoms with Crippen LogP contribution >= 0.6 is 15.9 Å². The van der Waals surface area contributed by atoms with E-state index in [0.29, 0.717) is 17.9 Å². The first kappa shape index (κ1) is 13.0. The molecule has 1 atom stereocenters. The lowest BCUT2D eigenvalue weighted by Crippen LogP contribution is -2.41. The summed E-state index contributed by atoms with van der Waals surface area (Å²) in [5.41, 5.74) is 6.79. The number of rotatable bonds is 2. The number of hydrogen-bond donors (Lipinski definition) is 1. The molecule has 2 heterocycles. The molecule has 0 radical (unpaired) electrons. The van der Waals surface area contributed by atoms with E-state index in [1.165, 1.54) is 6.07 Å². The van der Waals surface area contributed by atoms with Crippen LogP contribution in [0.3, 0.4) is 0 Å². The predicted molar refractivity (Wildman–Crippen MR) is 81.5 cm³/mol. The van der Waals surface area contributed by atoms with E-state index in [1.54, 1.807) is 12.3 Å². The van der Waals surface area contributed by atoms with Crippen molar-refractivity contribution in [2.24, 2.45) is 16.6 Å². The van der Waals surface area contributed by atoms with Crippen LogP contribution in [0.15, 0.2) is 39.9 Å². The molecule has 0 spiro atoms. The third-order valence-corrected chi connectivity index (χ3v) is 4.74. The fraction of sp³-hybridized carbons (Fsp3) is 0.333. The molecular formula is C15H14BrFN4. The molecule has 1 unspecified atom stereocenters. The summed E-state index contributed by atoms with van der Waals surface area (Å²) in [7, 11) is 0. The first-order valence-corrected chi connectivity index (χ1v) is 7.72. The molecule has 1 aliphatic heterocycles. The molecule has 4 rings (SSSR count). The van der Waals surface area contributed by atoms with Crippen LogP contribution in [0.25, 0.3) is 0 Å². The van der Waals surface area contributed by atoms with Gasteiger partial charge in [0.1, 0.15) is 17.2 Å². The number of benzene rings is 1. The van der Waals surface area contributed by atoms with Crippen molar-refractivity contribution in [3.05, 3.63) is 52.0 Å².